The van der Waals surface area contributed by atoms with Gasteiger partial charge in [0.05, 0.1) is 24.6 Å². The van der Waals surface area contributed by atoms with E-state index in [4.69, 9.17) is 9.15 Å². The van der Waals surface area contributed by atoms with Crippen LogP contribution < -0.4 is 0 Å². The van der Waals surface area contributed by atoms with Crippen molar-refractivity contribution in [1.82, 2.24) is 4.90 Å². The number of methoxy groups -OCH3 is 1. The van der Waals surface area contributed by atoms with Crippen molar-refractivity contribution in [3.8, 4) is 0 Å². The van der Waals surface area contributed by atoms with Gasteiger partial charge < -0.3 is 14.1 Å². The van der Waals surface area contributed by atoms with Gasteiger partial charge in [0, 0.05) is 5.70 Å². The third-order valence-electron chi connectivity index (χ3n) is 3.32. The molecule has 3 rings (SSSR count). The Kier molecular flexibility index (Phi) is 3.17. The Morgan fingerprint density at radius 1 is 1.50 bits per heavy atom. The van der Waals surface area contributed by atoms with E-state index in [1.54, 1.807) is 18.0 Å². The number of esters is 1. The number of rotatable bonds is 2. The molecule has 6 heteroatoms. The Labute approximate surface area is 121 Å². The number of ether oxygens (including phenoxy) is 1. The molecule has 0 bridgehead atoms. The van der Waals surface area contributed by atoms with E-state index >= 15 is 0 Å². The molecule has 0 aromatic carbocycles. The highest BCUT2D eigenvalue weighted by atomic mass is 32.2. The number of allylic oxidation sites excluding steroid dienone is 2. The van der Waals surface area contributed by atoms with Gasteiger partial charge in [-0.3, -0.25) is 0 Å². The summed E-state index contributed by atoms with van der Waals surface area (Å²) in [6.07, 6.45) is 1.60. The van der Waals surface area contributed by atoms with Crippen LogP contribution in [-0.2, 0) is 9.53 Å². The van der Waals surface area contributed by atoms with Gasteiger partial charge in [0.2, 0.25) is 0 Å². The number of carbonyl (C=O) groups is 1. The predicted octanol–water partition coefficient (Wildman–Crippen LogP) is 3.05. The Balaban J connectivity index is 2.16. The van der Waals surface area contributed by atoms with Crippen molar-refractivity contribution in [2.24, 2.45) is 4.99 Å². The molecule has 0 saturated heterocycles. The average Bonchev–Trinajstić information content (AvgIpc) is 3.07. The summed E-state index contributed by atoms with van der Waals surface area (Å²) in [6.45, 7) is 3.81. The predicted molar refractivity (Wildman–Crippen MR) is 76.8 cm³/mol. The van der Waals surface area contributed by atoms with Crippen LogP contribution in [0.3, 0.4) is 0 Å². The monoisotopic (exact) mass is 290 g/mol. The van der Waals surface area contributed by atoms with Crippen LogP contribution >= 0.6 is 11.8 Å². The summed E-state index contributed by atoms with van der Waals surface area (Å²) in [6, 6.07) is 3.35. The third kappa shape index (κ3) is 1.87. The van der Waals surface area contributed by atoms with Gasteiger partial charge in [-0.2, -0.15) is 0 Å². The highest BCUT2D eigenvalue weighted by Gasteiger charge is 2.40. The molecule has 1 atom stereocenters. The van der Waals surface area contributed by atoms with Gasteiger partial charge in [-0.1, -0.05) is 11.8 Å². The Bertz CT molecular complexity index is 643. The minimum absolute atomic E-state index is 0.323. The van der Waals surface area contributed by atoms with Gasteiger partial charge in [-0.05, 0) is 31.4 Å². The number of thioether (sulfide) groups is 1. The number of carbonyl (C=O) groups excluding carboxylic acids is 1. The Hall–Kier alpha value is -1.95. The van der Waals surface area contributed by atoms with Crippen molar-refractivity contribution in [2.45, 2.75) is 19.9 Å². The number of fused-ring (bicyclic) bond motifs is 1. The second-order valence-corrected chi connectivity index (χ2v) is 5.39. The summed E-state index contributed by atoms with van der Waals surface area (Å²) in [5, 5.41) is 2.87. The molecule has 0 fully saturated rings. The van der Waals surface area contributed by atoms with Gasteiger partial charge in [-0.25, -0.2) is 9.79 Å². The Morgan fingerprint density at radius 2 is 2.30 bits per heavy atom. The molecule has 0 aliphatic carbocycles. The van der Waals surface area contributed by atoms with Crippen LogP contribution in [0.4, 0.5) is 0 Å². The first-order chi connectivity index (χ1) is 9.63. The number of nitrogens with zero attached hydrogens (tertiary/aromatic N) is 2. The molecule has 0 amide bonds. The molecule has 1 aromatic rings. The summed E-state index contributed by atoms with van der Waals surface area (Å²) in [5.74, 6) is 0.323. The molecule has 20 heavy (non-hydrogen) atoms. The summed E-state index contributed by atoms with van der Waals surface area (Å²) >= 11 is 1.55. The van der Waals surface area contributed by atoms with E-state index in [0.29, 0.717) is 17.0 Å². The maximum atomic E-state index is 12.1. The minimum Gasteiger partial charge on any atom is -0.467 e. The SMILES string of the molecule is COC(=O)C1=C(C)N=C2SC=C(C)N2C1c1ccco1. The molecule has 104 valence electrons. The van der Waals surface area contributed by atoms with Crippen LogP contribution in [0.1, 0.15) is 25.6 Å². The fourth-order valence-electron chi connectivity index (χ4n) is 2.41. The number of hydrogen-bond donors (Lipinski definition) is 0. The lowest BCUT2D eigenvalue weighted by atomic mass is 9.99. The standard InChI is InChI=1S/C14H14N2O3S/c1-8-7-20-14-15-9(2)11(13(17)18-3)12(16(8)14)10-5-4-6-19-10/h4-7,12H,1-3H3. The van der Waals surface area contributed by atoms with Crippen molar-refractivity contribution in [1.29, 1.82) is 0 Å². The Morgan fingerprint density at radius 3 is 2.95 bits per heavy atom. The van der Waals surface area contributed by atoms with E-state index < -0.39 is 0 Å². The average molecular weight is 290 g/mol. The van der Waals surface area contributed by atoms with E-state index in [1.807, 2.05) is 36.3 Å². The molecule has 0 radical (unpaired) electrons. The highest BCUT2D eigenvalue weighted by molar-refractivity contribution is 8.16. The van der Waals surface area contributed by atoms with Crippen LogP contribution in [0, 0.1) is 0 Å². The molecule has 1 unspecified atom stereocenters. The zero-order chi connectivity index (χ0) is 14.3. The van der Waals surface area contributed by atoms with Crippen molar-refractivity contribution >= 4 is 22.9 Å². The van der Waals surface area contributed by atoms with Crippen molar-refractivity contribution < 1.29 is 13.9 Å². The molecule has 1 aromatic heterocycles. The maximum Gasteiger partial charge on any atom is 0.338 e. The molecular formula is C14H14N2O3S. The molecule has 5 nitrogen and oxygen atoms in total. The van der Waals surface area contributed by atoms with Crippen LogP contribution in [0.15, 0.2) is 50.2 Å². The summed E-state index contributed by atoms with van der Waals surface area (Å²) < 4.78 is 10.4. The van der Waals surface area contributed by atoms with E-state index in [0.717, 1.165) is 10.9 Å². The van der Waals surface area contributed by atoms with Gasteiger partial charge in [0.1, 0.15) is 11.8 Å². The van der Waals surface area contributed by atoms with E-state index in [1.165, 1.54) is 7.11 Å². The van der Waals surface area contributed by atoms with E-state index in [9.17, 15) is 4.79 Å². The molecule has 2 aliphatic heterocycles. The van der Waals surface area contributed by atoms with Crippen molar-refractivity contribution in [2.75, 3.05) is 7.11 Å². The second-order valence-electron chi connectivity index (χ2n) is 4.55. The van der Waals surface area contributed by atoms with Crippen LogP contribution in [-0.4, -0.2) is 23.1 Å². The van der Waals surface area contributed by atoms with Gasteiger partial charge in [0.15, 0.2) is 5.17 Å². The van der Waals surface area contributed by atoms with Gasteiger partial charge >= 0.3 is 5.97 Å². The molecule has 0 N–H and O–H groups in total. The fraction of sp³-hybridized carbons (Fsp3) is 0.286. The van der Waals surface area contributed by atoms with E-state index in [2.05, 4.69) is 4.99 Å². The largest absolute Gasteiger partial charge is 0.467 e. The minimum atomic E-state index is -0.378. The zero-order valence-corrected chi connectivity index (χ0v) is 12.2. The highest BCUT2D eigenvalue weighted by Crippen LogP contribution is 2.43. The topological polar surface area (TPSA) is 55.0 Å². The third-order valence-corrected chi connectivity index (χ3v) is 4.28. The summed E-state index contributed by atoms with van der Waals surface area (Å²) in [4.78, 5) is 18.6. The molecule has 2 aliphatic rings. The lowest BCUT2D eigenvalue weighted by Gasteiger charge is -2.33. The maximum absolute atomic E-state index is 12.1. The van der Waals surface area contributed by atoms with Gasteiger partial charge in [-0.15, -0.1) is 0 Å². The summed E-state index contributed by atoms with van der Waals surface area (Å²) in [7, 11) is 1.38. The lowest BCUT2D eigenvalue weighted by molar-refractivity contribution is -0.136. The summed E-state index contributed by atoms with van der Waals surface area (Å²) in [5.41, 5.74) is 2.21. The molecular weight excluding hydrogens is 276 g/mol. The smallest absolute Gasteiger partial charge is 0.338 e. The quantitative estimate of drug-likeness (QED) is 0.784. The molecule has 3 heterocycles. The van der Waals surface area contributed by atoms with Crippen molar-refractivity contribution in [3.63, 3.8) is 0 Å². The van der Waals surface area contributed by atoms with Crippen molar-refractivity contribution in [3.05, 3.63) is 46.5 Å². The number of amidine groups is 1. The van der Waals surface area contributed by atoms with Crippen LogP contribution in [0.5, 0.6) is 0 Å². The van der Waals surface area contributed by atoms with E-state index in [-0.39, 0.29) is 12.0 Å². The normalized spacial score (nSPS) is 21.6. The first-order valence-corrected chi connectivity index (χ1v) is 7.05. The van der Waals surface area contributed by atoms with Crippen LogP contribution in [0.2, 0.25) is 0 Å². The second kappa shape index (κ2) is 4.86. The first kappa shape index (κ1) is 13.1. The number of furan rings is 1. The first-order valence-electron chi connectivity index (χ1n) is 6.17. The zero-order valence-electron chi connectivity index (χ0n) is 11.4. The molecule has 0 spiro atoms. The molecule has 0 saturated carbocycles. The fourth-order valence-corrected chi connectivity index (χ4v) is 3.36. The van der Waals surface area contributed by atoms with Gasteiger partial charge in [0.25, 0.3) is 0 Å². The number of hydrogen-bond acceptors (Lipinski definition) is 6. The lowest BCUT2D eigenvalue weighted by Crippen LogP contribution is -2.35. The van der Waals surface area contributed by atoms with Crippen LogP contribution in [0.25, 0.3) is 0 Å². The number of aliphatic imine (C=N–C) groups is 1.